The Morgan fingerprint density at radius 3 is 2.46 bits per heavy atom. The number of rotatable bonds is 3. The lowest BCUT2D eigenvalue weighted by Gasteiger charge is -2.10. The fourth-order valence-electron chi connectivity index (χ4n) is 2.69. The fourth-order valence-corrected chi connectivity index (χ4v) is 2.69. The van der Waals surface area contributed by atoms with Crippen LogP contribution in [0.3, 0.4) is 0 Å². The number of benzene rings is 2. The number of nitrogens with zero attached hydrogens (tertiary/aromatic N) is 4. The highest BCUT2D eigenvalue weighted by atomic mass is 19.4. The Labute approximate surface area is 144 Å². The molecule has 6 nitrogen and oxygen atoms in total. The highest BCUT2D eigenvalue weighted by Crippen LogP contribution is 2.27. The molecular formula is C17H11F3N4O2. The molecule has 0 spiro atoms. The number of ether oxygens (including phenoxy) is 1. The summed E-state index contributed by atoms with van der Waals surface area (Å²) in [6.07, 6.45) is -1.69. The Hall–Kier alpha value is -3.20. The van der Waals surface area contributed by atoms with Crippen molar-refractivity contribution in [2.75, 3.05) is 0 Å². The topological polar surface area (TPSA) is 73.1 Å². The highest BCUT2D eigenvalue weighted by Gasteiger charge is 2.31. The minimum atomic E-state index is -4.73. The molecule has 2 heterocycles. The van der Waals surface area contributed by atoms with Gasteiger partial charge in [0.25, 0.3) is 0 Å². The second kappa shape index (κ2) is 5.95. The molecule has 2 aromatic carbocycles. The van der Waals surface area contributed by atoms with Gasteiger partial charge in [0.15, 0.2) is 0 Å². The lowest BCUT2D eigenvalue weighted by Crippen LogP contribution is -2.17. The first-order valence-electron chi connectivity index (χ1n) is 7.53. The van der Waals surface area contributed by atoms with Crippen molar-refractivity contribution in [1.82, 2.24) is 19.5 Å². The van der Waals surface area contributed by atoms with E-state index in [-0.39, 0.29) is 12.4 Å². The van der Waals surface area contributed by atoms with Crippen LogP contribution in [0.4, 0.5) is 13.2 Å². The lowest BCUT2D eigenvalue weighted by atomic mass is 10.2. The Kier molecular flexibility index (Phi) is 3.73. The molecular weight excluding hydrogens is 349 g/mol. The van der Waals surface area contributed by atoms with Crippen molar-refractivity contribution >= 4 is 22.1 Å². The van der Waals surface area contributed by atoms with E-state index < -0.39 is 6.36 Å². The molecule has 0 unspecified atom stereocenters. The van der Waals surface area contributed by atoms with Gasteiger partial charge in [-0.15, -0.1) is 13.2 Å². The Morgan fingerprint density at radius 2 is 1.77 bits per heavy atom. The molecule has 4 rings (SSSR count). The predicted octanol–water partition coefficient (Wildman–Crippen LogP) is 3.36. The van der Waals surface area contributed by atoms with E-state index in [0.717, 1.165) is 5.52 Å². The van der Waals surface area contributed by atoms with Gasteiger partial charge in [-0.1, -0.05) is 0 Å². The van der Waals surface area contributed by atoms with Crippen LogP contribution in [0.15, 0.2) is 48.9 Å². The molecule has 0 saturated carbocycles. The van der Waals surface area contributed by atoms with Gasteiger partial charge >= 0.3 is 6.36 Å². The number of fused-ring (bicyclic) bond motifs is 3. The minimum absolute atomic E-state index is 0.207. The van der Waals surface area contributed by atoms with Crippen LogP contribution in [0.2, 0.25) is 0 Å². The maximum absolute atomic E-state index is 12.3. The van der Waals surface area contributed by atoms with Crippen LogP contribution in [0.1, 0.15) is 5.69 Å². The van der Waals surface area contributed by atoms with Crippen LogP contribution in [0, 0.1) is 0 Å². The number of imidazole rings is 1. The molecule has 0 radical (unpaired) electrons. The molecule has 0 bridgehead atoms. The smallest absolute Gasteiger partial charge is 0.406 e. The van der Waals surface area contributed by atoms with Gasteiger partial charge in [-0.05, 0) is 36.4 Å². The third kappa shape index (κ3) is 2.93. The predicted molar refractivity (Wildman–Crippen MR) is 86.8 cm³/mol. The van der Waals surface area contributed by atoms with E-state index in [1.807, 2.05) is 0 Å². The van der Waals surface area contributed by atoms with E-state index in [4.69, 9.17) is 5.11 Å². The second-order valence-electron chi connectivity index (χ2n) is 5.48. The maximum Gasteiger partial charge on any atom is 0.573 e. The summed E-state index contributed by atoms with van der Waals surface area (Å²) >= 11 is 0. The number of aliphatic hydroxyl groups is 1. The molecule has 132 valence electrons. The molecule has 0 saturated heterocycles. The van der Waals surface area contributed by atoms with Crippen molar-refractivity contribution in [3.63, 3.8) is 0 Å². The second-order valence-corrected chi connectivity index (χ2v) is 5.48. The van der Waals surface area contributed by atoms with Crippen molar-refractivity contribution in [2.24, 2.45) is 0 Å². The van der Waals surface area contributed by atoms with Crippen LogP contribution >= 0.6 is 0 Å². The third-order valence-corrected chi connectivity index (χ3v) is 3.79. The molecule has 0 amide bonds. The number of hydrogen-bond donors (Lipinski definition) is 1. The summed E-state index contributed by atoms with van der Waals surface area (Å²) in [5.74, 6) is -0.293. The number of hydrogen-bond acceptors (Lipinski definition) is 5. The molecule has 0 atom stereocenters. The van der Waals surface area contributed by atoms with Crippen LogP contribution < -0.4 is 4.74 Å². The van der Waals surface area contributed by atoms with E-state index in [2.05, 4.69) is 19.7 Å². The van der Waals surface area contributed by atoms with Gasteiger partial charge in [0.1, 0.15) is 23.1 Å². The maximum atomic E-state index is 12.3. The average molecular weight is 360 g/mol. The number of aliphatic hydroxyl groups excluding tert-OH is 1. The Balaban J connectivity index is 1.76. The minimum Gasteiger partial charge on any atom is -0.406 e. The van der Waals surface area contributed by atoms with Gasteiger partial charge in [-0.25, -0.2) is 9.97 Å². The summed E-state index contributed by atoms with van der Waals surface area (Å²) in [6, 6.07) is 9.04. The number of halogens is 3. The molecule has 0 aliphatic rings. The Bertz CT molecular complexity index is 1090. The summed E-state index contributed by atoms with van der Waals surface area (Å²) < 4.78 is 42.4. The fraction of sp³-hybridized carbons (Fsp3) is 0.118. The zero-order chi connectivity index (χ0) is 18.3. The van der Waals surface area contributed by atoms with E-state index >= 15 is 0 Å². The summed E-state index contributed by atoms with van der Waals surface area (Å²) in [6.45, 7) is -0.207. The molecule has 0 fully saturated rings. The SMILES string of the molecule is OCc1cnc2c(ccc3c2ncn3-c2ccc(OC(F)(F)F)cc2)n1. The highest BCUT2D eigenvalue weighted by molar-refractivity contribution is 6.00. The van der Waals surface area contributed by atoms with E-state index in [1.54, 1.807) is 23.0 Å². The normalized spacial score (nSPS) is 12.0. The number of aromatic nitrogens is 4. The van der Waals surface area contributed by atoms with Gasteiger partial charge in [0.05, 0.1) is 29.5 Å². The van der Waals surface area contributed by atoms with Crippen molar-refractivity contribution in [2.45, 2.75) is 13.0 Å². The largest absolute Gasteiger partial charge is 0.573 e. The lowest BCUT2D eigenvalue weighted by molar-refractivity contribution is -0.274. The zero-order valence-electron chi connectivity index (χ0n) is 13.1. The molecule has 1 N–H and O–H groups in total. The molecule has 0 aliphatic heterocycles. The van der Waals surface area contributed by atoms with Crippen molar-refractivity contribution in [3.05, 3.63) is 54.6 Å². The van der Waals surface area contributed by atoms with Crippen LogP contribution in [0.5, 0.6) is 5.75 Å². The molecule has 26 heavy (non-hydrogen) atoms. The van der Waals surface area contributed by atoms with E-state index in [1.165, 1.54) is 30.5 Å². The van der Waals surface area contributed by atoms with Crippen LogP contribution in [-0.2, 0) is 6.61 Å². The summed E-state index contributed by atoms with van der Waals surface area (Å²) in [4.78, 5) is 12.9. The first-order chi connectivity index (χ1) is 12.4. The van der Waals surface area contributed by atoms with Gasteiger partial charge < -0.3 is 9.84 Å². The van der Waals surface area contributed by atoms with Crippen molar-refractivity contribution < 1.29 is 23.0 Å². The summed E-state index contributed by atoms with van der Waals surface area (Å²) in [7, 11) is 0. The van der Waals surface area contributed by atoms with Crippen LogP contribution in [0.25, 0.3) is 27.8 Å². The van der Waals surface area contributed by atoms with Crippen LogP contribution in [-0.4, -0.2) is 31.0 Å². The van der Waals surface area contributed by atoms with E-state index in [0.29, 0.717) is 27.9 Å². The van der Waals surface area contributed by atoms with Gasteiger partial charge in [0, 0.05) is 5.69 Å². The van der Waals surface area contributed by atoms with Crippen molar-refractivity contribution in [1.29, 1.82) is 0 Å². The first kappa shape index (κ1) is 16.3. The molecule has 4 aromatic rings. The quantitative estimate of drug-likeness (QED) is 0.607. The monoisotopic (exact) mass is 360 g/mol. The summed E-state index contributed by atoms with van der Waals surface area (Å²) in [5.41, 5.74) is 3.60. The van der Waals surface area contributed by atoms with Gasteiger partial charge in [0.2, 0.25) is 0 Å². The summed E-state index contributed by atoms with van der Waals surface area (Å²) in [5, 5.41) is 9.15. The third-order valence-electron chi connectivity index (χ3n) is 3.79. The van der Waals surface area contributed by atoms with Gasteiger partial charge in [-0.3, -0.25) is 9.55 Å². The van der Waals surface area contributed by atoms with Crippen molar-refractivity contribution in [3.8, 4) is 11.4 Å². The standard InChI is InChI=1S/C17H11F3N4O2/c18-17(19,20)26-12-3-1-11(2-4-12)24-9-22-16-14(24)6-5-13-15(16)21-7-10(8-25)23-13/h1-7,9,25H,8H2. The molecule has 2 aromatic heterocycles. The van der Waals surface area contributed by atoms with E-state index in [9.17, 15) is 13.2 Å². The first-order valence-corrected chi connectivity index (χ1v) is 7.53. The van der Waals surface area contributed by atoms with Gasteiger partial charge in [-0.2, -0.15) is 0 Å². The molecule has 9 heteroatoms. The zero-order valence-corrected chi connectivity index (χ0v) is 13.1. The average Bonchev–Trinajstić information content (AvgIpc) is 3.05. The Morgan fingerprint density at radius 1 is 1.00 bits per heavy atom. The number of alkyl halides is 3. The molecule has 0 aliphatic carbocycles.